The first-order chi connectivity index (χ1) is 28.9. The van der Waals surface area contributed by atoms with E-state index in [4.69, 9.17) is 9.47 Å². The van der Waals surface area contributed by atoms with E-state index in [2.05, 4.69) is 47.7 Å². The van der Waals surface area contributed by atoms with Gasteiger partial charge in [0.25, 0.3) is 0 Å². The summed E-state index contributed by atoms with van der Waals surface area (Å²) in [6, 6.07) is -1.14. The maximum Gasteiger partial charge on any atom is 0.397 e. The molecule has 0 spiro atoms. The van der Waals surface area contributed by atoms with Crippen LogP contribution >= 0.6 is 0 Å². The van der Waals surface area contributed by atoms with Crippen molar-refractivity contribution in [2.45, 2.75) is 236 Å². The third-order valence-corrected chi connectivity index (χ3v) is 11.5. The first kappa shape index (κ1) is 56.3. The molecule has 1 rings (SSSR count). The Morgan fingerprint density at radius 1 is 0.667 bits per heavy atom. The van der Waals surface area contributed by atoms with E-state index in [1.807, 2.05) is 0 Å². The number of rotatable bonds is 39. The molecule has 1 heterocycles. The number of ether oxygens (including phenoxy) is 2. The zero-order valence-electron chi connectivity index (χ0n) is 37.1. The summed E-state index contributed by atoms with van der Waals surface area (Å²) in [5, 5.41) is 55.2. The van der Waals surface area contributed by atoms with Gasteiger partial charge in [-0.25, -0.2) is 4.18 Å². The molecule has 8 unspecified atom stereocenters. The number of carbonyl (C=O) groups is 1. The van der Waals surface area contributed by atoms with E-state index >= 15 is 0 Å². The molecule has 0 radical (unpaired) electrons. The molecule has 7 N–H and O–H groups in total. The number of aliphatic hydroxyl groups excluding tert-OH is 5. The minimum absolute atomic E-state index is 0.229. The van der Waals surface area contributed by atoms with Gasteiger partial charge in [-0.3, -0.25) is 9.35 Å². The zero-order chi connectivity index (χ0) is 44.3. The lowest BCUT2D eigenvalue weighted by Gasteiger charge is -2.41. The standard InChI is InChI=1S/C46H85NO12S/c1-3-5-7-9-11-13-15-17-19-21-23-25-27-29-31-33-35-40(50)45(53)47-38(37-57-46-43(52)44(59-60(54,55)56)42(51)41(36-48)58-46)39(49)34-32-30-28-26-24-22-20-18-16-14-12-10-8-6-4-2/h17,19,24,26,32,34,38-44,46,48-52H,3-16,18,20-23,25,27-31,33,35-37H2,1-2H3,(H,47,53)(H,54,55,56)/b19-17-,26-24+,34-32+. The molecular formula is C46H85NO12S. The fraction of sp³-hybridized carbons (Fsp3) is 0.848. The van der Waals surface area contributed by atoms with Crippen LogP contribution in [0.25, 0.3) is 0 Å². The second-order valence-corrected chi connectivity index (χ2v) is 17.5. The number of unbranched alkanes of at least 4 members (excludes halogenated alkanes) is 22. The van der Waals surface area contributed by atoms with Gasteiger partial charge >= 0.3 is 10.4 Å². The lowest BCUT2D eigenvalue weighted by Crippen LogP contribution is -2.61. The van der Waals surface area contributed by atoms with Crippen LogP contribution in [0.1, 0.15) is 187 Å². The summed E-state index contributed by atoms with van der Waals surface area (Å²) in [6.07, 6.45) is 30.8. The predicted octanol–water partition coefficient (Wildman–Crippen LogP) is 8.08. The van der Waals surface area contributed by atoms with E-state index in [9.17, 15) is 43.3 Å². The van der Waals surface area contributed by atoms with E-state index in [0.29, 0.717) is 12.8 Å². The van der Waals surface area contributed by atoms with Gasteiger partial charge in [-0.2, -0.15) is 8.42 Å². The van der Waals surface area contributed by atoms with E-state index in [0.717, 1.165) is 64.2 Å². The SMILES string of the molecule is CCCCCCCC/C=C\CCCCCCCCC(O)C(=O)NC(COC1OC(CO)C(O)C(OS(=O)(=O)O)C1O)C(O)/C=C/CC/C=C/CCCCCCCCCCC. The summed E-state index contributed by atoms with van der Waals surface area (Å²) in [7, 11) is -5.12. The lowest BCUT2D eigenvalue weighted by molar-refractivity contribution is -0.298. The monoisotopic (exact) mass is 876 g/mol. The van der Waals surface area contributed by atoms with E-state index in [-0.39, 0.29) is 6.42 Å². The van der Waals surface area contributed by atoms with Gasteiger partial charge in [0, 0.05) is 0 Å². The summed E-state index contributed by atoms with van der Waals surface area (Å²) in [4.78, 5) is 13.1. The fourth-order valence-electron chi connectivity index (χ4n) is 7.24. The number of hydrogen-bond acceptors (Lipinski definition) is 11. The maximum atomic E-state index is 13.1. The molecule has 8 atom stereocenters. The van der Waals surface area contributed by atoms with Crippen LogP contribution in [0.3, 0.4) is 0 Å². The summed E-state index contributed by atoms with van der Waals surface area (Å²) in [6.45, 7) is 3.18. The third-order valence-electron chi connectivity index (χ3n) is 11.0. The summed E-state index contributed by atoms with van der Waals surface area (Å²) in [5.74, 6) is -0.718. The van der Waals surface area contributed by atoms with E-state index in [1.54, 1.807) is 6.08 Å². The Labute approximate surface area is 363 Å². The van der Waals surface area contributed by atoms with Crippen LogP contribution in [0.2, 0.25) is 0 Å². The van der Waals surface area contributed by atoms with Crippen LogP contribution in [0.4, 0.5) is 0 Å². The van der Waals surface area contributed by atoms with Crippen molar-refractivity contribution in [1.29, 1.82) is 0 Å². The van der Waals surface area contributed by atoms with Crippen molar-refractivity contribution < 1.29 is 57.0 Å². The van der Waals surface area contributed by atoms with Crippen molar-refractivity contribution in [3.8, 4) is 0 Å². The average molecular weight is 876 g/mol. The number of carbonyl (C=O) groups excluding carboxylic acids is 1. The van der Waals surface area contributed by atoms with Crippen LogP contribution in [0.15, 0.2) is 36.5 Å². The molecular weight excluding hydrogens is 791 g/mol. The molecule has 0 aromatic heterocycles. The molecule has 0 saturated carbocycles. The highest BCUT2D eigenvalue weighted by Gasteiger charge is 2.48. The third kappa shape index (κ3) is 28.8. The Morgan fingerprint density at radius 2 is 1.12 bits per heavy atom. The van der Waals surface area contributed by atoms with Gasteiger partial charge in [-0.15, -0.1) is 0 Å². The highest BCUT2D eigenvalue weighted by atomic mass is 32.3. The molecule has 1 aliphatic rings. The smallest absolute Gasteiger partial charge is 0.394 e. The topological polar surface area (TPSA) is 212 Å². The zero-order valence-corrected chi connectivity index (χ0v) is 37.9. The minimum atomic E-state index is -5.12. The van der Waals surface area contributed by atoms with Crippen molar-refractivity contribution in [2.24, 2.45) is 0 Å². The van der Waals surface area contributed by atoms with E-state index in [1.165, 1.54) is 96.0 Å². The Kier molecular flexibility index (Phi) is 34.5. The number of nitrogens with one attached hydrogen (secondary N) is 1. The molecule has 60 heavy (non-hydrogen) atoms. The van der Waals surface area contributed by atoms with Crippen LogP contribution in [0.5, 0.6) is 0 Å². The van der Waals surface area contributed by atoms with Gasteiger partial charge in [0.1, 0.15) is 30.5 Å². The summed E-state index contributed by atoms with van der Waals surface area (Å²) >= 11 is 0. The van der Waals surface area contributed by atoms with Crippen molar-refractivity contribution >= 4 is 16.3 Å². The molecule has 352 valence electrons. The number of hydrogen-bond donors (Lipinski definition) is 7. The molecule has 0 aliphatic carbocycles. The lowest BCUT2D eigenvalue weighted by atomic mass is 9.99. The molecule has 0 aromatic carbocycles. The molecule has 1 fully saturated rings. The summed E-state index contributed by atoms with van der Waals surface area (Å²) < 4.78 is 47.5. The number of aliphatic hydroxyl groups is 5. The quantitative estimate of drug-likeness (QED) is 0.0178. The number of amides is 1. The Balaban J connectivity index is 2.61. The van der Waals surface area contributed by atoms with Gasteiger partial charge in [0.2, 0.25) is 5.91 Å². The molecule has 1 aliphatic heterocycles. The number of allylic oxidation sites excluding steroid dienone is 5. The summed E-state index contributed by atoms with van der Waals surface area (Å²) in [5.41, 5.74) is 0. The Morgan fingerprint density at radius 3 is 1.60 bits per heavy atom. The first-order valence-electron chi connectivity index (χ1n) is 23.5. The largest absolute Gasteiger partial charge is 0.397 e. The van der Waals surface area contributed by atoms with Crippen molar-refractivity contribution in [3.63, 3.8) is 0 Å². The van der Waals surface area contributed by atoms with Crippen molar-refractivity contribution in [1.82, 2.24) is 5.32 Å². The second kappa shape index (κ2) is 36.7. The second-order valence-electron chi connectivity index (χ2n) is 16.5. The fourth-order valence-corrected chi connectivity index (χ4v) is 7.74. The van der Waals surface area contributed by atoms with Crippen LogP contribution in [0, 0.1) is 0 Å². The van der Waals surface area contributed by atoms with Gasteiger partial charge in [0.05, 0.1) is 25.4 Å². The van der Waals surface area contributed by atoms with Gasteiger partial charge < -0.3 is 40.3 Å². The van der Waals surface area contributed by atoms with Crippen LogP contribution < -0.4 is 5.32 Å². The van der Waals surface area contributed by atoms with Crippen LogP contribution in [-0.4, -0.2) is 107 Å². The Bertz CT molecular complexity index is 1230. The van der Waals surface area contributed by atoms with E-state index < -0.39 is 78.5 Å². The molecule has 0 bridgehead atoms. The average Bonchev–Trinajstić information content (AvgIpc) is 3.22. The molecule has 1 saturated heterocycles. The normalized spacial score (nSPS) is 21.6. The highest BCUT2D eigenvalue weighted by Crippen LogP contribution is 2.26. The molecule has 14 heteroatoms. The van der Waals surface area contributed by atoms with Gasteiger partial charge in [0.15, 0.2) is 6.29 Å². The molecule has 13 nitrogen and oxygen atoms in total. The Hall–Kier alpha value is -1.72. The van der Waals surface area contributed by atoms with Gasteiger partial charge in [-0.05, 0) is 57.8 Å². The predicted molar refractivity (Wildman–Crippen MR) is 238 cm³/mol. The molecule has 0 aromatic rings. The highest BCUT2D eigenvalue weighted by molar-refractivity contribution is 7.80. The molecule has 1 amide bonds. The van der Waals surface area contributed by atoms with Gasteiger partial charge in [-0.1, -0.05) is 166 Å². The van der Waals surface area contributed by atoms with Crippen molar-refractivity contribution in [3.05, 3.63) is 36.5 Å². The van der Waals surface area contributed by atoms with Crippen LogP contribution in [-0.2, 0) is 28.9 Å². The first-order valence-corrected chi connectivity index (χ1v) is 24.8. The van der Waals surface area contributed by atoms with Crippen molar-refractivity contribution in [2.75, 3.05) is 13.2 Å². The minimum Gasteiger partial charge on any atom is -0.394 e. The maximum absolute atomic E-state index is 13.1.